The Morgan fingerprint density at radius 3 is 2.35 bits per heavy atom. The second-order valence-electron chi connectivity index (χ2n) is 6.78. The van der Waals surface area contributed by atoms with Crippen molar-refractivity contribution in [1.82, 2.24) is 9.47 Å². The number of amides is 1. The minimum absolute atomic E-state index is 0.154. The second kappa shape index (κ2) is 8.21. The first kappa shape index (κ1) is 18.2. The van der Waals surface area contributed by atoms with Crippen LogP contribution in [-0.2, 0) is 0 Å². The van der Waals surface area contributed by atoms with Crippen LogP contribution in [0, 0.1) is 6.92 Å². The smallest absolute Gasteiger partial charge is 0.268 e. The Bertz CT molecular complexity index is 833. The van der Waals surface area contributed by atoms with E-state index in [1.807, 2.05) is 36.1 Å². The van der Waals surface area contributed by atoms with Crippen LogP contribution in [0.25, 0.3) is 5.69 Å². The molecule has 5 nitrogen and oxygen atoms in total. The number of aryl methyl sites for hydroxylation is 1. The van der Waals surface area contributed by atoms with Gasteiger partial charge in [0.05, 0.1) is 12.8 Å². The van der Waals surface area contributed by atoms with Crippen molar-refractivity contribution in [2.24, 2.45) is 0 Å². The van der Waals surface area contributed by atoms with Crippen LogP contribution in [0.5, 0.6) is 5.75 Å². The number of carbonyl (C=O) groups is 1. The van der Waals surface area contributed by atoms with Gasteiger partial charge in [0.2, 0.25) is 0 Å². The number of rotatable bonds is 3. The summed E-state index contributed by atoms with van der Waals surface area (Å²) in [6.45, 7) is 3.27. The Labute approximate surface area is 154 Å². The van der Waals surface area contributed by atoms with Gasteiger partial charge in [-0.15, -0.1) is 0 Å². The van der Waals surface area contributed by atoms with E-state index < -0.39 is 0 Å². The van der Waals surface area contributed by atoms with Crippen molar-refractivity contribution in [3.05, 3.63) is 58.0 Å². The quantitative estimate of drug-likeness (QED) is 0.847. The Hall–Kier alpha value is -2.56. The first-order valence-corrected chi connectivity index (χ1v) is 9.28. The number of likely N-dealkylation sites (tertiary alicyclic amines) is 1. The third kappa shape index (κ3) is 3.66. The number of pyridine rings is 1. The maximum Gasteiger partial charge on any atom is 0.268 e. The largest absolute Gasteiger partial charge is 0.495 e. The van der Waals surface area contributed by atoms with Gasteiger partial charge in [-0.1, -0.05) is 31.4 Å². The Kier molecular flexibility index (Phi) is 5.76. The maximum atomic E-state index is 13.2. The fraction of sp³-hybridized carbons (Fsp3) is 0.429. The number of carbonyl (C=O) groups excluding carboxylic acids is 1. The number of aromatic nitrogens is 1. The lowest BCUT2D eigenvalue weighted by atomic mass is 10.1. The van der Waals surface area contributed by atoms with Gasteiger partial charge in [-0.25, -0.2) is 0 Å². The molecular weight excluding hydrogens is 328 g/mol. The third-order valence-corrected chi connectivity index (χ3v) is 5.00. The van der Waals surface area contributed by atoms with E-state index in [-0.39, 0.29) is 17.0 Å². The van der Waals surface area contributed by atoms with Gasteiger partial charge in [0.25, 0.3) is 11.5 Å². The summed E-state index contributed by atoms with van der Waals surface area (Å²) in [5.74, 6) is 0.446. The Balaban J connectivity index is 2.02. The summed E-state index contributed by atoms with van der Waals surface area (Å²) in [6.07, 6.45) is 7.22. The van der Waals surface area contributed by atoms with E-state index in [2.05, 4.69) is 0 Å². The molecule has 2 heterocycles. The van der Waals surface area contributed by atoms with Crippen molar-refractivity contribution in [3.8, 4) is 11.4 Å². The van der Waals surface area contributed by atoms with Crippen molar-refractivity contribution in [2.45, 2.75) is 39.0 Å². The topological polar surface area (TPSA) is 51.5 Å². The van der Waals surface area contributed by atoms with E-state index in [0.717, 1.165) is 38.8 Å². The molecule has 138 valence electrons. The molecule has 0 aliphatic carbocycles. The van der Waals surface area contributed by atoms with Crippen LogP contribution >= 0.6 is 0 Å². The lowest BCUT2D eigenvalue weighted by molar-refractivity contribution is 0.0739. The summed E-state index contributed by atoms with van der Waals surface area (Å²) in [5.41, 5.74) is 1.33. The van der Waals surface area contributed by atoms with E-state index in [9.17, 15) is 9.59 Å². The molecule has 1 aliphatic heterocycles. The molecule has 1 aromatic carbocycles. The van der Waals surface area contributed by atoms with E-state index >= 15 is 0 Å². The molecule has 0 spiro atoms. The molecular formula is C21H26N2O3. The number of methoxy groups -OCH3 is 1. The molecule has 2 aromatic rings. The predicted molar refractivity (Wildman–Crippen MR) is 102 cm³/mol. The van der Waals surface area contributed by atoms with Gasteiger partial charge < -0.3 is 9.64 Å². The third-order valence-electron chi connectivity index (χ3n) is 5.00. The molecule has 0 saturated carbocycles. The van der Waals surface area contributed by atoms with Crippen LogP contribution in [0.3, 0.4) is 0 Å². The molecule has 1 aromatic heterocycles. The summed E-state index contributed by atoms with van der Waals surface area (Å²) in [5, 5.41) is 0. The highest BCUT2D eigenvalue weighted by atomic mass is 16.5. The number of hydrogen-bond donors (Lipinski definition) is 0. The van der Waals surface area contributed by atoms with E-state index in [0.29, 0.717) is 17.0 Å². The molecule has 1 saturated heterocycles. The molecule has 1 fully saturated rings. The maximum absolute atomic E-state index is 13.2. The van der Waals surface area contributed by atoms with Crippen LogP contribution < -0.4 is 10.3 Å². The van der Waals surface area contributed by atoms with Crippen LogP contribution in [0.4, 0.5) is 0 Å². The number of para-hydroxylation sites is 2. The van der Waals surface area contributed by atoms with Crippen LogP contribution in [0.15, 0.2) is 41.3 Å². The van der Waals surface area contributed by atoms with Crippen LogP contribution in [-0.4, -0.2) is 35.6 Å². The Morgan fingerprint density at radius 1 is 1.00 bits per heavy atom. The molecule has 0 atom stereocenters. The molecule has 0 radical (unpaired) electrons. The highest BCUT2D eigenvalue weighted by Gasteiger charge is 2.23. The average Bonchev–Trinajstić information content (AvgIpc) is 2.61. The van der Waals surface area contributed by atoms with E-state index in [4.69, 9.17) is 4.74 Å². The lowest BCUT2D eigenvalue weighted by Gasteiger charge is -2.25. The molecule has 0 unspecified atom stereocenters. The zero-order valence-electron chi connectivity index (χ0n) is 15.5. The second-order valence-corrected chi connectivity index (χ2v) is 6.78. The summed E-state index contributed by atoms with van der Waals surface area (Å²) in [7, 11) is 1.57. The van der Waals surface area contributed by atoms with Crippen LogP contribution in [0.2, 0.25) is 0 Å². The van der Waals surface area contributed by atoms with Crippen molar-refractivity contribution in [3.63, 3.8) is 0 Å². The predicted octanol–water partition coefficient (Wildman–Crippen LogP) is 3.56. The minimum Gasteiger partial charge on any atom is -0.495 e. The highest BCUT2D eigenvalue weighted by molar-refractivity contribution is 5.95. The standard InChI is InChI=1S/C21H26N2O3/c1-16-12-15-23(17-10-6-7-11-18(17)26-2)21(25)19(16)20(24)22-13-8-4-3-5-9-14-22/h6-7,10-12,15H,3-5,8-9,13-14H2,1-2H3. The number of hydrogen-bond acceptors (Lipinski definition) is 3. The monoisotopic (exact) mass is 354 g/mol. The average molecular weight is 354 g/mol. The molecule has 26 heavy (non-hydrogen) atoms. The molecule has 3 rings (SSSR count). The van der Waals surface area contributed by atoms with E-state index in [1.54, 1.807) is 19.4 Å². The molecule has 0 bridgehead atoms. The van der Waals surface area contributed by atoms with Gasteiger partial charge in [-0.2, -0.15) is 0 Å². The van der Waals surface area contributed by atoms with Gasteiger partial charge in [-0.05, 0) is 43.5 Å². The molecule has 1 amide bonds. The van der Waals surface area contributed by atoms with E-state index in [1.165, 1.54) is 11.0 Å². The summed E-state index contributed by atoms with van der Waals surface area (Å²) >= 11 is 0. The summed E-state index contributed by atoms with van der Waals surface area (Å²) in [4.78, 5) is 28.1. The summed E-state index contributed by atoms with van der Waals surface area (Å²) in [6, 6.07) is 9.16. The molecule has 0 N–H and O–H groups in total. The van der Waals surface area contributed by atoms with Crippen molar-refractivity contribution in [2.75, 3.05) is 20.2 Å². The first-order chi connectivity index (χ1) is 12.6. The number of ether oxygens (including phenoxy) is 1. The van der Waals surface area contributed by atoms with Gasteiger partial charge >= 0.3 is 0 Å². The normalized spacial score (nSPS) is 15.2. The lowest BCUT2D eigenvalue weighted by Crippen LogP contribution is -2.38. The fourth-order valence-corrected chi connectivity index (χ4v) is 3.51. The van der Waals surface area contributed by atoms with Gasteiger partial charge in [0, 0.05) is 19.3 Å². The highest BCUT2D eigenvalue weighted by Crippen LogP contribution is 2.21. The SMILES string of the molecule is COc1ccccc1-n1ccc(C)c(C(=O)N2CCCCCCC2)c1=O. The van der Waals surface area contributed by atoms with Gasteiger partial charge in [0.1, 0.15) is 11.3 Å². The van der Waals surface area contributed by atoms with Gasteiger partial charge in [-0.3, -0.25) is 14.2 Å². The summed E-state index contributed by atoms with van der Waals surface area (Å²) < 4.78 is 6.88. The zero-order valence-corrected chi connectivity index (χ0v) is 15.5. The molecule has 1 aliphatic rings. The van der Waals surface area contributed by atoms with Gasteiger partial charge in [0.15, 0.2) is 0 Å². The van der Waals surface area contributed by atoms with Crippen molar-refractivity contribution >= 4 is 5.91 Å². The first-order valence-electron chi connectivity index (χ1n) is 9.28. The van der Waals surface area contributed by atoms with Crippen molar-refractivity contribution in [1.29, 1.82) is 0 Å². The fourth-order valence-electron chi connectivity index (χ4n) is 3.51. The number of benzene rings is 1. The molecule has 5 heteroatoms. The van der Waals surface area contributed by atoms with Crippen LogP contribution in [0.1, 0.15) is 48.0 Å². The minimum atomic E-state index is -0.290. The Morgan fingerprint density at radius 2 is 1.65 bits per heavy atom. The number of nitrogens with zero attached hydrogens (tertiary/aromatic N) is 2. The zero-order chi connectivity index (χ0) is 18.5. The van der Waals surface area contributed by atoms with Crippen molar-refractivity contribution < 1.29 is 9.53 Å².